The Bertz CT molecular complexity index is 366. The van der Waals surface area contributed by atoms with E-state index in [2.05, 4.69) is 10.4 Å². The summed E-state index contributed by atoms with van der Waals surface area (Å²) in [6, 6.07) is 3.99. The van der Waals surface area contributed by atoms with Crippen LogP contribution in [-0.2, 0) is 0 Å². The first kappa shape index (κ1) is 13.6. The van der Waals surface area contributed by atoms with Crippen LogP contribution < -0.4 is 17.0 Å². The van der Waals surface area contributed by atoms with Gasteiger partial charge in [0.15, 0.2) is 0 Å². The van der Waals surface area contributed by atoms with Gasteiger partial charge in [-0.15, -0.1) is 0 Å². The molecule has 5 heteroatoms. The molecular weight excluding hydrogens is 244 g/mol. The maximum Gasteiger partial charge on any atom is 0.128 e. The molecule has 1 aromatic heterocycles. The van der Waals surface area contributed by atoms with Gasteiger partial charge in [-0.05, 0) is 18.9 Å². The van der Waals surface area contributed by atoms with E-state index in [0.717, 1.165) is 16.6 Å². The number of anilines is 1. The molecule has 0 saturated heterocycles. The first-order valence-electron chi connectivity index (χ1n) is 6.59. The van der Waals surface area contributed by atoms with Crippen molar-refractivity contribution in [3.8, 4) is 0 Å². The molecule has 1 fully saturated rings. The van der Waals surface area contributed by atoms with Crippen molar-refractivity contribution in [1.29, 1.82) is 0 Å². The molecule has 4 nitrogen and oxygen atoms in total. The molecule has 2 rings (SSSR count). The van der Waals surface area contributed by atoms with Crippen LogP contribution in [0.3, 0.4) is 0 Å². The third-order valence-corrected chi connectivity index (χ3v) is 4.97. The predicted molar refractivity (Wildman–Crippen MR) is 78.0 cm³/mol. The second kappa shape index (κ2) is 6.97. The van der Waals surface area contributed by atoms with Gasteiger partial charge in [0.1, 0.15) is 5.82 Å². The quantitative estimate of drug-likeness (QED) is 0.563. The lowest BCUT2D eigenvalue weighted by atomic mass is 10.0. The Hall–Kier alpha value is -0.780. The first-order valence-corrected chi connectivity index (χ1v) is 7.64. The number of thioether (sulfide) groups is 1. The third kappa shape index (κ3) is 3.60. The van der Waals surface area contributed by atoms with Crippen molar-refractivity contribution >= 4 is 17.6 Å². The second-order valence-electron chi connectivity index (χ2n) is 4.79. The molecule has 1 unspecified atom stereocenters. The van der Waals surface area contributed by atoms with Gasteiger partial charge in [-0.3, -0.25) is 11.3 Å². The number of nitrogens with one attached hydrogen (secondary N) is 1. The molecule has 1 atom stereocenters. The Morgan fingerprint density at radius 2 is 2.17 bits per heavy atom. The van der Waals surface area contributed by atoms with Crippen molar-refractivity contribution in [3.63, 3.8) is 0 Å². The smallest absolute Gasteiger partial charge is 0.128 e. The Morgan fingerprint density at radius 3 is 2.83 bits per heavy atom. The number of hydrazine groups is 1. The molecule has 100 valence electrons. The molecule has 18 heavy (non-hydrogen) atoms. The van der Waals surface area contributed by atoms with E-state index in [4.69, 9.17) is 11.6 Å². The van der Waals surface area contributed by atoms with Crippen LogP contribution in [0.5, 0.6) is 0 Å². The van der Waals surface area contributed by atoms with Gasteiger partial charge in [0.2, 0.25) is 0 Å². The van der Waals surface area contributed by atoms with Gasteiger partial charge < -0.3 is 5.73 Å². The van der Waals surface area contributed by atoms with Crippen LogP contribution in [0.1, 0.15) is 43.7 Å². The van der Waals surface area contributed by atoms with E-state index in [1.807, 2.05) is 23.9 Å². The van der Waals surface area contributed by atoms with Crippen molar-refractivity contribution in [2.75, 3.05) is 11.5 Å². The monoisotopic (exact) mass is 266 g/mol. The summed E-state index contributed by atoms with van der Waals surface area (Å²) in [6.45, 7) is 0. The summed E-state index contributed by atoms with van der Waals surface area (Å²) in [6.07, 6.45) is 8.52. The van der Waals surface area contributed by atoms with Crippen molar-refractivity contribution in [1.82, 2.24) is 10.4 Å². The van der Waals surface area contributed by atoms with Crippen LogP contribution in [0, 0.1) is 0 Å². The van der Waals surface area contributed by atoms with Crippen LogP contribution >= 0.6 is 11.8 Å². The highest BCUT2D eigenvalue weighted by Gasteiger charge is 2.18. The van der Waals surface area contributed by atoms with E-state index in [-0.39, 0.29) is 6.04 Å². The maximum atomic E-state index is 5.89. The van der Waals surface area contributed by atoms with Crippen LogP contribution in [0.4, 0.5) is 5.82 Å². The fourth-order valence-electron chi connectivity index (χ4n) is 2.42. The van der Waals surface area contributed by atoms with Crippen molar-refractivity contribution in [2.45, 2.75) is 43.4 Å². The molecule has 0 aliphatic heterocycles. The normalized spacial score (nSPS) is 18.7. The Kier molecular flexibility index (Phi) is 5.28. The molecule has 5 N–H and O–H groups in total. The molecule has 0 amide bonds. The van der Waals surface area contributed by atoms with Crippen LogP contribution in [0.2, 0.25) is 0 Å². The Morgan fingerprint density at radius 1 is 1.39 bits per heavy atom. The van der Waals surface area contributed by atoms with Crippen molar-refractivity contribution < 1.29 is 0 Å². The van der Waals surface area contributed by atoms with E-state index in [0.29, 0.717) is 5.82 Å². The molecule has 1 aliphatic carbocycles. The lowest BCUT2D eigenvalue weighted by Crippen LogP contribution is -2.31. The average molecular weight is 266 g/mol. The average Bonchev–Trinajstić information content (AvgIpc) is 2.42. The van der Waals surface area contributed by atoms with E-state index >= 15 is 0 Å². The zero-order valence-corrected chi connectivity index (χ0v) is 11.5. The number of nitrogens with zero attached hydrogens (tertiary/aromatic N) is 1. The van der Waals surface area contributed by atoms with Crippen LogP contribution in [-0.4, -0.2) is 16.0 Å². The minimum absolute atomic E-state index is 0.0885. The molecule has 1 aliphatic rings. The molecule has 1 saturated carbocycles. The molecule has 0 radical (unpaired) electrons. The second-order valence-corrected chi connectivity index (χ2v) is 6.12. The Labute approximate surface area is 113 Å². The van der Waals surface area contributed by atoms with Gasteiger partial charge in [-0.2, -0.15) is 11.8 Å². The number of rotatable bonds is 5. The minimum atomic E-state index is 0.0885. The van der Waals surface area contributed by atoms with Gasteiger partial charge in [0.25, 0.3) is 0 Å². The molecular formula is C13H22N4S. The van der Waals surface area contributed by atoms with E-state index in [9.17, 15) is 0 Å². The third-order valence-electron chi connectivity index (χ3n) is 3.50. The number of pyridine rings is 1. The fourth-order valence-corrected chi connectivity index (χ4v) is 3.82. The van der Waals surface area contributed by atoms with Crippen LogP contribution in [0.15, 0.2) is 18.3 Å². The van der Waals surface area contributed by atoms with Gasteiger partial charge in [-0.1, -0.05) is 25.3 Å². The molecule has 1 aromatic rings. The highest BCUT2D eigenvalue weighted by Crippen LogP contribution is 2.31. The minimum Gasteiger partial charge on any atom is -0.383 e. The number of nitrogen functional groups attached to an aromatic ring is 1. The molecule has 0 aromatic carbocycles. The van der Waals surface area contributed by atoms with E-state index in [1.165, 1.54) is 32.1 Å². The standard InChI is InChI=1S/C13H22N4S/c14-13-11(7-4-8-16-13)12(17-15)9-18-10-5-2-1-3-6-10/h4,7-8,10,12,17H,1-3,5-6,9,15H2,(H2,14,16). The van der Waals surface area contributed by atoms with Crippen molar-refractivity contribution in [3.05, 3.63) is 23.9 Å². The number of nitrogens with two attached hydrogens (primary N) is 2. The highest BCUT2D eigenvalue weighted by molar-refractivity contribution is 7.99. The molecule has 0 bridgehead atoms. The van der Waals surface area contributed by atoms with E-state index < -0.39 is 0 Å². The van der Waals surface area contributed by atoms with Gasteiger partial charge in [0.05, 0.1) is 6.04 Å². The lowest BCUT2D eigenvalue weighted by Gasteiger charge is -2.24. The van der Waals surface area contributed by atoms with Gasteiger partial charge in [0, 0.05) is 22.8 Å². The summed E-state index contributed by atoms with van der Waals surface area (Å²) in [4.78, 5) is 4.12. The molecule has 1 heterocycles. The topological polar surface area (TPSA) is 77.0 Å². The summed E-state index contributed by atoms with van der Waals surface area (Å²) in [7, 11) is 0. The highest BCUT2D eigenvalue weighted by atomic mass is 32.2. The zero-order valence-electron chi connectivity index (χ0n) is 10.6. The van der Waals surface area contributed by atoms with Gasteiger partial charge in [-0.25, -0.2) is 4.98 Å². The van der Waals surface area contributed by atoms with Gasteiger partial charge >= 0.3 is 0 Å². The number of hydrogen-bond donors (Lipinski definition) is 3. The number of aromatic nitrogens is 1. The Balaban J connectivity index is 1.91. The maximum absolute atomic E-state index is 5.89. The summed E-state index contributed by atoms with van der Waals surface area (Å²) < 4.78 is 0. The van der Waals surface area contributed by atoms with Crippen molar-refractivity contribution in [2.24, 2.45) is 5.84 Å². The van der Waals surface area contributed by atoms with E-state index in [1.54, 1.807) is 6.20 Å². The summed E-state index contributed by atoms with van der Waals surface area (Å²) >= 11 is 2.01. The lowest BCUT2D eigenvalue weighted by molar-refractivity contribution is 0.514. The largest absolute Gasteiger partial charge is 0.383 e. The summed E-state index contributed by atoms with van der Waals surface area (Å²) in [5.74, 6) is 7.17. The van der Waals surface area contributed by atoms with Crippen LogP contribution in [0.25, 0.3) is 0 Å². The first-order chi connectivity index (χ1) is 8.81. The fraction of sp³-hybridized carbons (Fsp3) is 0.615. The summed E-state index contributed by atoms with van der Waals surface area (Å²) in [5.41, 5.74) is 9.75. The summed E-state index contributed by atoms with van der Waals surface area (Å²) in [5, 5.41) is 0.785. The zero-order chi connectivity index (χ0) is 12.8. The molecule has 0 spiro atoms. The number of hydrogen-bond acceptors (Lipinski definition) is 5. The predicted octanol–water partition coefficient (Wildman–Crippen LogP) is 2.23. The SMILES string of the molecule is NNC(CSC1CCCCC1)c1cccnc1N.